The van der Waals surface area contributed by atoms with Gasteiger partial charge in [-0.2, -0.15) is 0 Å². The van der Waals surface area contributed by atoms with E-state index in [0.717, 1.165) is 17.9 Å². The predicted molar refractivity (Wildman–Crippen MR) is 77.3 cm³/mol. The number of benzene rings is 1. The summed E-state index contributed by atoms with van der Waals surface area (Å²) in [7, 11) is 0. The Labute approximate surface area is 117 Å². The Morgan fingerprint density at radius 1 is 1.37 bits per heavy atom. The Hall–Kier alpha value is -2.07. The highest BCUT2D eigenvalue weighted by Crippen LogP contribution is 2.21. The fourth-order valence-corrected chi connectivity index (χ4v) is 1.73. The van der Waals surface area contributed by atoms with Gasteiger partial charge in [-0.3, -0.25) is 0 Å². The van der Waals surface area contributed by atoms with Crippen molar-refractivity contribution >= 4 is 23.9 Å². The Bertz CT molecular complexity index is 591. The summed E-state index contributed by atoms with van der Waals surface area (Å²) in [6.45, 7) is 6.25. The zero-order valence-electron chi connectivity index (χ0n) is 10.5. The van der Waals surface area contributed by atoms with Crippen LogP contribution in [0.4, 0.5) is 0 Å². The van der Waals surface area contributed by atoms with Gasteiger partial charge in [0.1, 0.15) is 5.82 Å². The lowest BCUT2D eigenvalue weighted by atomic mass is 10.2. The second kappa shape index (κ2) is 6.20. The van der Waals surface area contributed by atoms with Gasteiger partial charge in [-0.05, 0) is 6.92 Å². The molecule has 0 saturated heterocycles. The van der Waals surface area contributed by atoms with E-state index in [2.05, 4.69) is 11.6 Å². The van der Waals surface area contributed by atoms with Gasteiger partial charge in [-0.25, -0.2) is 9.78 Å². The van der Waals surface area contributed by atoms with Crippen LogP contribution >= 0.6 is 12.4 Å². The van der Waals surface area contributed by atoms with Crippen molar-refractivity contribution in [1.82, 2.24) is 9.55 Å². The van der Waals surface area contributed by atoms with Gasteiger partial charge in [0.05, 0.1) is 11.3 Å². The fourth-order valence-electron chi connectivity index (χ4n) is 1.73. The smallest absolute Gasteiger partial charge is 0.337 e. The molecule has 0 saturated carbocycles. The van der Waals surface area contributed by atoms with Crippen molar-refractivity contribution in [2.45, 2.75) is 13.5 Å². The van der Waals surface area contributed by atoms with E-state index in [1.165, 1.54) is 0 Å². The summed E-state index contributed by atoms with van der Waals surface area (Å²) in [5.41, 5.74) is 1.38. The lowest BCUT2D eigenvalue weighted by Gasteiger charge is -2.03. The number of carboxylic acids is 1. The molecular weight excluding hydrogens is 264 g/mol. The van der Waals surface area contributed by atoms with Gasteiger partial charge in [0.15, 0.2) is 0 Å². The lowest BCUT2D eigenvalue weighted by molar-refractivity contribution is -0.130. The van der Waals surface area contributed by atoms with Crippen LogP contribution in [-0.4, -0.2) is 20.6 Å². The Balaban J connectivity index is 0.00000180. The van der Waals surface area contributed by atoms with Crippen LogP contribution < -0.4 is 0 Å². The van der Waals surface area contributed by atoms with E-state index in [4.69, 9.17) is 5.11 Å². The zero-order chi connectivity index (χ0) is 13.1. The number of halogens is 1. The molecule has 5 heteroatoms. The Morgan fingerprint density at radius 2 is 2.00 bits per heavy atom. The van der Waals surface area contributed by atoms with Crippen LogP contribution in [0.3, 0.4) is 0 Å². The molecule has 1 aromatic carbocycles. The standard InChI is InChI=1S/C14H14N2O2.ClH/c1-3-16-9-12(10(2)14(17)18)15-13(16)11-7-5-4-6-8-11;/h4-9H,2-3H2,1H3,(H,17,18);1H. The molecule has 19 heavy (non-hydrogen) atoms. The lowest BCUT2D eigenvalue weighted by Crippen LogP contribution is -1.98. The van der Waals surface area contributed by atoms with E-state index >= 15 is 0 Å². The molecule has 0 spiro atoms. The van der Waals surface area contributed by atoms with E-state index < -0.39 is 5.97 Å². The third kappa shape index (κ3) is 3.03. The first-order valence-corrected chi connectivity index (χ1v) is 5.68. The number of aryl methyl sites for hydroxylation is 1. The number of aliphatic carboxylic acids is 1. The highest BCUT2D eigenvalue weighted by Gasteiger charge is 2.14. The van der Waals surface area contributed by atoms with Crippen LogP contribution in [0.15, 0.2) is 43.1 Å². The van der Waals surface area contributed by atoms with Crippen LogP contribution in [0.2, 0.25) is 0 Å². The number of hydrogen-bond donors (Lipinski definition) is 1. The van der Waals surface area contributed by atoms with Crippen molar-refractivity contribution in [2.24, 2.45) is 0 Å². The molecule has 0 bridgehead atoms. The zero-order valence-corrected chi connectivity index (χ0v) is 11.4. The molecule has 2 rings (SSSR count). The minimum Gasteiger partial charge on any atom is -0.478 e. The first-order valence-electron chi connectivity index (χ1n) is 5.68. The molecule has 0 aliphatic rings. The molecule has 0 amide bonds. The quantitative estimate of drug-likeness (QED) is 0.875. The molecule has 1 N–H and O–H groups in total. The van der Waals surface area contributed by atoms with Crippen molar-refractivity contribution in [2.75, 3.05) is 0 Å². The largest absolute Gasteiger partial charge is 0.478 e. The number of carbonyl (C=O) groups is 1. The van der Waals surface area contributed by atoms with Crippen molar-refractivity contribution in [1.29, 1.82) is 0 Å². The normalized spacial score (nSPS) is 9.74. The molecule has 4 nitrogen and oxygen atoms in total. The van der Waals surface area contributed by atoms with E-state index in [-0.39, 0.29) is 18.0 Å². The van der Waals surface area contributed by atoms with Crippen molar-refractivity contribution in [3.63, 3.8) is 0 Å². The molecule has 1 aromatic heterocycles. The SMILES string of the molecule is C=C(C(=O)O)c1cn(CC)c(-c2ccccc2)n1.Cl. The Kier molecular flexibility index (Phi) is 4.89. The van der Waals surface area contributed by atoms with Crippen LogP contribution in [0, 0.1) is 0 Å². The third-order valence-electron chi connectivity index (χ3n) is 2.72. The van der Waals surface area contributed by atoms with Crippen molar-refractivity contribution in [3.05, 3.63) is 48.8 Å². The summed E-state index contributed by atoms with van der Waals surface area (Å²) >= 11 is 0. The molecule has 0 atom stereocenters. The molecule has 1 heterocycles. The average Bonchev–Trinajstić information content (AvgIpc) is 2.82. The highest BCUT2D eigenvalue weighted by atomic mass is 35.5. The molecule has 0 aliphatic carbocycles. The van der Waals surface area contributed by atoms with E-state index in [1.54, 1.807) is 6.20 Å². The van der Waals surface area contributed by atoms with Crippen LogP contribution in [0.1, 0.15) is 12.6 Å². The number of aromatic nitrogens is 2. The predicted octanol–water partition coefficient (Wildman–Crippen LogP) is 3.09. The van der Waals surface area contributed by atoms with E-state index in [0.29, 0.717) is 5.69 Å². The van der Waals surface area contributed by atoms with Crippen molar-refractivity contribution in [3.8, 4) is 11.4 Å². The fraction of sp³-hybridized carbons (Fsp3) is 0.143. The molecular formula is C14H15ClN2O2. The minimum absolute atomic E-state index is 0. The summed E-state index contributed by atoms with van der Waals surface area (Å²) < 4.78 is 1.92. The first kappa shape index (κ1) is 15.0. The molecule has 0 unspecified atom stereocenters. The maximum absolute atomic E-state index is 10.9. The maximum atomic E-state index is 10.9. The summed E-state index contributed by atoms with van der Waals surface area (Å²) in [5, 5.41) is 8.93. The number of carboxylic acid groups (broad SMARTS) is 1. The monoisotopic (exact) mass is 278 g/mol. The van der Waals surface area contributed by atoms with Crippen molar-refractivity contribution < 1.29 is 9.90 Å². The second-order valence-electron chi connectivity index (χ2n) is 3.89. The van der Waals surface area contributed by atoms with Gasteiger partial charge in [0.25, 0.3) is 0 Å². The van der Waals surface area contributed by atoms with Gasteiger partial charge in [-0.15, -0.1) is 12.4 Å². The summed E-state index contributed by atoms with van der Waals surface area (Å²) in [6.07, 6.45) is 1.72. The molecule has 0 fully saturated rings. The molecule has 0 aliphatic heterocycles. The molecule has 100 valence electrons. The first-order chi connectivity index (χ1) is 8.63. The van der Waals surface area contributed by atoms with Gasteiger partial charge in [-0.1, -0.05) is 36.9 Å². The maximum Gasteiger partial charge on any atom is 0.337 e. The highest BCUT2D eigenvalue weighted by molar-refractivity contribution is 6.13. The number of hydrogen-bond acceptors (Lipinski definition) is 2. The van der Waals surface area contributed by atoms with Gasteiger partial charge >= 0.3 is 5.97 Å². The molecule has 0 radical (unpaired) electrons. The van der Waals surface area contributed by atoms with Crippen LogP contribution in [0.5, 0.6) is 0 Å². The van der Waals surface area contributed by atoms with E-state index in [1.807, 2.05) is 41.8 Å². The number of rotatable bonds is 4. The second-order valence-corrected chi connectivity index (χ2v) is 3.89. The summed E-state index contributed by atoms with van der Waals surface area (Å²) in [4.78, 5) is 15.3. The van der Waals surface area contributed by atoms with Gasteiger partial charge in [0, 0.05) is 18.3 Å². The number of nitrogens with zero attached hydrogens (tertiary/aromatic N) is 2. The summed E-state index contributed by atoms with van der Waals surface area (Å²) in [6, 6.07) is 9.68. The van der Waals surface area contributed by atoms with Crippen LogP contribution in [-0.2, 0) is 11.3 Å². The van der Waals surface area contributed by atoms with Crippen LogP contribution in [0.25, 0.3) is 17.0 Å². The van der Waals surface area contributed by atoms with E-state index in [9.17, 15) is 4.79 Å². The summed E-state index contributed by atoms with van der Waals surface area (Å²) in [5.74, 6) is -0.286. The molecule has 2 aromatic rings. The minimum atomic E-state index is -1.05. The average molecular weight is 279 g/mol. The van der Waals surface area contributed by atoms with Gasteiger partial charge in [0.2, 0.25) is 0 Å². The topological polar surface area (TPSA) is 55.1 Å². The van der Waals surface area contributed by atoms with Gasteiger partial charge < -0.3 is 9.67 Å². The Morgan fingerprint density at radius 3 is 2.53 bits per heavy atom. The third-order valence-corrected chi connectivity index (χ3v) is 2.72. The number of imidazole rings is 1.